The van der Waals surface area contributed by atoms with E-state index in [0.29, 0.717) is 5.75 Å². The maximum atomic E-state index is 11.3. The van der Waals surface area contributed by atoms with Crippen molar-refractivity contribution in [3.8, 4) is 5.75 Å². The fraction of sp³-hybridized carbons (Fsp3) is 0.308. The number of benzene rings is 1. The Bertz CT molecular complexity index is 391. The zero-order valence-electron chi connectivity index (χ0n) is 9.91. The Balaban J connectivity index is 2.96. The van der Waals surface area contributed by atoms with Gasteiger partial charge in [0.1, 0.15) is 5.75 Å². The third-order valence-electron chi connectivity index (χ3n) is 2.12. The molecule has 1 aromatic carbocycles. The molecule has 0 heterocycles. The van der Waals surface area contributed by atoms with Gasteiger partial charge >= 0.3 is 6.09 Å². The molecule has 0 saturated carbocycles. The van der Waals surface area contributed by atoms with Crippen LogP contribution < -0.4 is 10.1 Å². The Morgan fingerprint density at radius 3 is 2.56 bits per heavy atom. The van der Waals surface area contributed by atoms with Crippen LogP contribution in [0, 0.1) is 0 Å². The summed E-state index contributed by atoms with van der Waals surface area (Å²) < 4.78 is 5.19. The summed E-state index contributed by atoms with van der Waals surface area (Å²) in [6.45, 7) is 9.61. The molecule has 0 aromatic heterocycles. The lowest BCUT2D eigenvalue weighted by molar-refractivity contribution is 0.203. The Kier molecular flexibility index (Phi) is 3.72. The molecule has 1 N–H and O–H groups in total. The molecule has 86 valence electrons. The first kappa shape index (κ1) is 12.3. The van der Waals surface area contributed by atoms with Crippen molar-refractivity contribution >= 4 is 6.09 Å². The Hall–Kier alpha value is -1.77. The topological polar surface area (TPSA) is 38.3 Å². The SMILES string of the molecule is C=CNC(=O)Oc1ccccc1C(C)(C)C. The first-order valence-corrected chi connectivity index (χ1v) is 5.14. The predicted molar refractivity (Wildman–Crippen MR) is 64.5 cm³/mol. The van der Waals surface area contributed by atoms with Crippen LogP contribution in [0.3, 0.4) is 0 Å². The molecule has 0 spiro atoms. The summed E-state index contributed by atoms with van der Waals surface area (Å²) in [4.78, 5) is 11.3. The average Bonchev–Trinajstić information content (AvgIpc) is 2.17. The highest BCUT2D eigenvalue weighted by atomic mass is 16.6. The predicted octanol–water partition coefficient (Wildman–Crippen LogP) is 3.22. The minimum Gasteiger partial charge on any atom is -0.410 e. The van der Waals surface area contributed by atoms with E-state index in [1.807, 2.05) is 18.2 Å². The molecule has 0 unspecified atom stereocenters. The van der Waals surface area contributed by atoms with Gasteiger partial charge in [-0.05, 0) is 17.7 Å². The number of carbonyl (C=O) groups is 1. The van der Waals surface area contributed by atoms with Crippen LogP contribution >= 0.6 is 0 Å². The molecule has 0 bridgehead atoms. The first-order chi connectivity index (χ1) is 7.45. The Morgan fingerprint density at radius 1 is 1.38 bits per heavy atom. The van der Waals surface area contributed by atoms with Crippen LogP contribution in [0.1, 0.15) is 26.3 Å². The molecule has 1 aromatic rings. The molecular formula is C13H17NO2. The van der Waals surface area contributed by atoms with E-state index in [0.717, 1.165) is 5.56 Å². The maximum Gasteiger partial charge on any atom is 0.416 e. The van der Waals surface area contributed by atoms with Gasteiger partial charge < -0.3 is 4.74 Å². The van der Waals surface area contributed by atoms with Crippen molar-refractivity contribution in [3.63, 3.8) is 0 Å². The summed E-state index contributed by atoms with van der Waals surface area (Å²) in [5.41, 5.74) is 0.930. The molecule has 0 radical (unpaired) electrons. The number of hydrogen-bond acceptors (Lipinski definition) is 2. The fourth-order valence-electron chi connectivity index (χ4n) is 1.39. The molecule has 0 aliphatic rings. The van der Waals surface area contributed by atoms with Crippen LogP contribution in [0.2, 0.25) is 0 Å². The van der Waals surface area contributed by atoms with Crippen LogP contribution in [-0.4, -0.2) is 6.09 Å². The van der Waals surface area contributed by atoms with Crippen LogP contribution in [-0.2, 0) is 5.41 Å². The van der Waals surface area contributed by atoms with Gasteiger partial charge in [0.15, 0.2) is 0 Å². The molecule has 3 heteroatoms. The van der Waals surface area contributed by atoms with Gasteiger partial charge in [-0.2, -0.15) is 0 Å². The number of amides is 1. The van der Waals surface area contributed by atoms with E-state index in [4.69, 9.17) is 4.74 Å². The Morgan fingerprint density at radius 2 is 2.00 bits per heavy atom. The van der Waals surface area contributed by atoms with Crippen molar-refractivity contribution in [1.29, 1.82) is 0 Å². The van der Waals surface area contributed by atoms with Gasteiger partial charge in [0.05, 0.1) is 0 Å². The van der Waals surface area contributed by atoms with Crippen LogP contribution in [0.5, 0.6) is 5.75 Å². The molecule has 1 amide bonds. The summed E-state index contributed by atoms with van der Waals surface area (Å²) in [6, 6.07) is 7.50. The van der Waals surface area contributed by atoms with E-state index in [1.54, 1.807) is 6.07 Å². The van der Waals surface area contributed by atoms with Crippen molar-refractivity contribution in [3.05, 3.63) is 42.6 Å². The summed E-state index contributed by atoms with van der Waals surface area (Å²) in [7, 11) is 0. The van der Waals surface area contributed by atoms with E-state index in [2.05, 4.69) is 32.7 Å². The summed E-state index contributed by atoms with van der Waals surface area (Å²) in [5.74, 6) is 0.578. The van der Waals surface area contributed by atoms with Gasteiger partial charge in [0.2, 0.25) is 0 Å². The molecule has 16 heavy (non-hydrogen) atoms. The molecule has 3 nitrogen and oxygen atoms in total. The highest BCUT2D eigenvalue weighted by molar-refractivity contribution is 5.71. The van der Waals surface area contributed by atoms with E-state index in [1.165, 1.54) is 6.20 Å². The minimum absolute atomic E-state index is 0.0644. The number of carbonyl (C=O) groups excluding carboxylic acids is 1. The van der Waals surface area contributed by atoms with Crippen LogP contribution in [0.4, 0.5) is 4.79 Å². The average molecular weight is 219 g/mol. The molecule has 0 aliphatic heterocycles. The van der Waals surface area contributed by atoms with Gasteiger partial charge in [0.25, 0.3) is 0 Å². The fourth-order valence-corrected chi connectivity index (χ4v) is 1.39. The van der Waals surface area contributed by atoms with E-state index >= 15 is 0 Å². The van der Waals surface area contributed by atoms with Gasteiger partial charge in [-0.25, -0.2) is 4.79 Å². The smallest absolute Gasteiger partial charge is 0.410 e. The van der Waals surface area contributed by atoms with Gasteiger partial charge in [-0.1, -0.05) is 45.5 Å². The van der Waals surface area contributed by atoms with Crippen molar-refractivity contribution in [2.75, 3.05) is 0 Å². The van der Waals surface area contributed by atoms with Gasteiger partial charge in [-0.3, -0.25) is 5.32 Å². The number of para-hydroxylation sites is 1. The summed E-state index contributed by atoms with van der Waals surface area (Å²) in [5, 5.41) is 2.38. The third kappa shape index (κ3) is 3.12. The zero-order chi connectivity index (χ0) is 12.2. The van der Waals surface area contributed by atoms with E-state index < -0.39 is 6.09 Å². The summed E-state index contributed by atoms with van der Waals surface area (Å²) >= 11 is 0. The second-order valence-electron chi connectivity index (χ2n) is 4.48. The number of nitrogens with one attached hydrogen (secondary N) is 1. The lowest BCUT2D eigenvalue weighted by atomic mass is 9.86. The van der Waals surface area contributed by atoms with Crippen molar-refractivity contribution < 1.29 is 9.53 Å². The molecule has 0 aliphatic carbocycles. The highest BCUT2D eigenvalue weighted by Gasteiger charge is 2.19. The maximum absolute atomic E-state index is 11.3. The lowest BCUT2D eigenvalue weighted by Crippen LogP contribution is -2.23. The zero-order valence-corrected chi connectivity index (χ0v) is 9.91. The second-order valence-corrected chi connectivity index (χ2v) is 4.48. The molecule has 0 atom stereocenters. The van der Waals surface area contributed by atoms with Crippen LogP contribution in [0.25, 0.3) is 0 Å². The first-order valence-electron chi connectivity index (χ1n) is 5.14. The van der Waals surface area contributed by atoms with Gasteiger partial charge in [0, 0.05) is 5.56 Å². The van der Waals surface area contributed by atoms with Crippen LogP contribution in [0.15, 0.2) is 37.0 Å². The monoisotopic (exact) mass is 219 g/mol. The van der Waals surface area contributed by atoms with E-state index in [9.17, 15) is 4.79 Å². The molecule has 0 saturated heterocycles. The molecular weight excluding hydrogens is 202 g/mol. The second kappa shape index (κ2) is 4.84. The highest BCUT2D eigenvalue weighted by Crippen LogP contribution is 2.30. The van der Waals surface area contributed by atoms with Crippen molar-refractivity contribution in [2.45, 2.75) is 26.2 Å². The molecule has 0 fully saturated rings. The third-order valence-corrected chi connectivity index (χ3v) is 2.12. The normalized spacial score (nSPS) is 10.7. The lowest BCUT2D eigenvalue weighted by Gasteiger charge is -2.21. The summed E-state index contributed by atoms with van der Waals surface area (Å²) in [6.07, 6.45) is 0.772. The van der Waals surface area contributed by atoms with E-state index in [-0.39, 0.29) is 5.41 Å². The van der Waals surface area contributed by atoms with Gasteiger partial charge in [-0.15, -0.1) is 0 Å². The van der Waals surface area contributed by atoms with Crippen molar-refractivity contribution in [2.24, 2.45) is 0 Å². The number of rotatable bonds is 2. The quantitative estimate of drug-likeness (QED) is 0.829. The number of hydrogen-bond donors (Lipinski definition) is 1. The molecule has 1 rings (SSSR count). The largest absolute Gasteiger partial charge is 0.416 e. The number of ether oxygens (including phenoxy) is 1. The Labute approximate surface area is 96.1 Å². The minimum atomic E-state index is -0.522. The standard InChI is InChI=1S/C13H17NO2/c1-5-14-12(15)16-11-9-7-6-8-10(11)13(2,3)4/h5-9H,1H2,2-4H3,(H,14,15). The van der Waals surface area contributed by atoms with Crippen molar-refractivity contribution in [1.82, 2.24) is 5.32 Å².